The Hall–Kier alpha value is -1.84. The van der Waals surface area contributed by atoms with E-state index in [1.807, 2.05) is 13.0 Å². The number of rotatable bonds is 5. The standard InChI is InChI=1S/C12H15NO3/c1-3-10(12(14)15-2)6-8-16-11-5-4-7-13-9-11/h4-7,9H,3,8H2,1-2H3. The smallest absolute Gasteiger partial charge is 0.333 e. The fourth-order valence-corrected chi connectivity index (χ4v) is 1.17. The van der Waals surface area contributed by atoms with Crippen LogP contribution >= 0.6 is 0 Å². The minimum Gasteiger partial charge on any atom is -0.488 e. The van der Waals surface area contributed by atoms with Crippen molar-refractivity contribution < 1.29 is 14.3 Å². The van der Waals surface area contributed by atoms with Crippen LogP contribution in [0.15, 0.2) is 36.2 Å². The number of ether oxygens (including phenoxy) is 2. The van der Waals surface area contributed by atoms with Crippen LogP contribution in [0.2, 0.25) is 0 Å². The monoisotopic (exact) mass is 221 g/mol. The van der Waals surface area contributed by atoms with Crippen LogP contribution in [0.25, 0.3) is 0 Å². The van der Waals surface area contributed by atoms with Crippen LogP contribution in [0.5, 0.6) is 5.75 Å². The number of hydrogen-bond acceptors (Lipinski definition) is 4. The Labute approximate surface area is 94.9 Å². The molecule has 1 heterocycles. The van der Waals surface area contributed by atoms with Gasteiger partial charge in [0, 0.05) is 11.8 Å². The average molecular weight is 221 g/mol. The Bertz CT molecular complexity index is 360. The molecule has 1 aromatic heterocycles. The van der Waals surface area contributed by atoms with Crippen LogP contribution in [-0.4, -0.2) is 24.7 Å². The van der Waals surface area contributed by atoms with E-state index in [1.165, 1.54) is 7.11 Å². The molecule has 0 bridgehead atoms. The van der Waals surface area contributed by atoms with Crippen molar-refractivity contribution in [2.45, 2.75) is 13.3 Å². The minimum absolute atomic E-state index is 0.308. The van der Waals surface area contributed by atoms with Gasteiger partial charge >= 0.3 is 5.97 Å². The average Bonchev–Trinajstić information content (AvgIpc) is 2.35. The molecule has 0 aliphatic heterocycles. The van der Waals surface area contributed by atoms with Gasteiger partial charge in [-0.25, -0.2) is 4.79 Å². The van der Waals surface area contributed by atoms with E-state index >= 15 is 0 Å². The molecule has 0 aliphatic carbocycles. The lowest BCUT2D eigenvalue weighted by molar-refractivity contribution is -0.136. The predicted molar refractivity (Wildman–Crippen MR) is 60.1 cm³/mol. The molecule has 0 aliphatic rings. The maximum Gasteiger partial charge on any atom is 0.333 e. The zero-order valence-corrected chi connectivity index (χ0v) is 9.47. The van der Waals surface area contributed by atoms with Gasteiger partial charge in [0.1, 0.15) is 12.4 Å². The quantitative estimate of drug-likeness (QED) is 0.563. The number of methoxy groups -OCH3 is 1. The van der Waals surface area contributed by atoms with Crippen molar-refractivity contribution in [3.63, 3.8) is 0 Å². The highest BCUT2D eigenvalue weighted by Crippen LogP contribution is 2.07. The Morgan fingerprint density at radius 1 is 1.56 bits per heavy atom. The summed E-state index contributed by atoms with van der Waals surface area (Å²) in [5, 5.41) is 0. The molecule has 4 heteroatoms. The molecule has 0 unspecified atom stereocenters. The van der Waals surface area contributed by atoms with Crippen molar-refractivity contribution in [2.75, 3.05) is 13.7 Å². The summed E-state index contributed by atoms with van der Waals surface area (Å²) in [6.45, 7) is 2.23. The molecule has 4 nitrogen and oxygen atoms in total. The fraction of sp³-hybridized carbons (Fsp3) is 0.333. The SMILES string of the molecule is CCC(=CCOc1cccnc1)C(=O)OC. The zero-order chi connectivity index (χ0) is 11.8. The van der Waals surface area contributed by atoms with Crippen LogP contribution in [0.1, 0.15) is 13.3 Å². The van der Waals surface area contributed by atoms with Crippen molar-refractivity contribution in [3.8, 4) is 5.75 Å². The third kappa shape index (κ3) is 3.73. The van der Waals surface area contributed by atoms with Gasteiger partial charge in [-0.1, -0.05) is 6.92 Å². The van der Waals surface area contributed by atoms with Crippen molar-refractivity contribution in [2.24, 2.45) is 0 Å². The maximum atomic E-state index is 11.2. The predicted octanol–water partition coefficient (Wildman–Crippen LogP) is 1.97. The van der Waals surface area contributed by atoms with Crippen LogP contribution in [-0.2, 0) is 9.53 Å². The number of aromatic nitrogens is 1. The lowest BCUT2D eigenvalue weighted by Gasteiger charge is -2.04. The third-order valence-electron chi connectivity index (χ3n) is 2.04. The van der Waals surface area contributed by atoms with E-state index < -0.39 is 0 Å². The first kappa shape index (κ1) is 12.2. The first-order chi connectivity index (χ1) is 7.77. The molecule has 0 radical (unpaired) electrons. The van der Waals surface area contributed by atoms with E-state index in [0.29, 0.717) is 24.4 Å². The molecule has 1 rings (SSSR count). The second-order valence-corrected chi connectivity index (χ2v) is 3.07. The summed E-state index contributed by atoms with van der Waals surface area (Å²) < 4.78 is 10.0. The van der Waals surface area contributed by atoms with Gasteiger partial charge in [0.15, 0.2) is 0 Å². The summed E-state index contributed by atoms with van der Waals surface area (Å²) >= 11 is 0. The highest BCUT2D eigenvalue weighted by atomic mass is 16.5. The molecule has 0 spiro atoms. The van der Waals surface area contributed by atoms with Gasteiger partial charge in [-0.3, -0.25) is 4.98 Å². The molecule has 0 aromatic carbocycles. The Kier molecular flexibility index (Phi) is 5.05. The highest BCUT2D eigenvalue weighted by Gasteiger charge is 2.05. The summed E-state index contributed by atoms with van der Waals surface area (Å²) in [6.07, 6.45) is 5.65. The van der Waals surface area contributed by atoms with Gasteiger partial charge in [0.05, 0.1) is 13.3 Å². The van der Waals surface area contributed by atoms with Crippen molar-refractivity contribution >= 4 is 5.97 Å². The van der Waals surface area contributed by atoms with Gasteiger partial charge in [-0.2, -0.15) is 0 Å². The van der Waals surface area contributed by atoms with E-state index in [1.54, 1.807) is 24.5 Å². The molecular weight excluding hydrogens is 206 g/mol. The maximum absolute atomic E-state index is 11.2. The number of hydrogen-bond donors (Lipinski definition) is 0. The summed E-state index contributed by atoms with van der Waals surface area (Å²) in [7, 11) is 1.37. The summed E-state index contributed by atoms with van der Waals surface area (Å²) in [4.78, 5) is 15.1. The largest absolute Gasteiger partial charge is 0.488 e. The van der Waals surface area contributed by atoms with Crippen LogP contribution in [0.4, 0.5) is 0 Å². The molecule has 0 atom stereocenters. The molecule has 0 saturated heterocycles. The van der Waals surface area contributed by atoms with E-state index in [4.69, 9.17) is 4.74 Å². The van der Waals surface area contributed by atoms with Crippen molar-refractivity contribution in [3.05, 3.63) is 36.2 Å². The van der Waals surface area contributed by atoms with Gasteiger partial charge < -0.3 is 9.47 Å². The highest BCUT2D eigenvalue weighted by molar-refractivity contribution is 5.88. The van der Waals surface area contributed by atoms with E-state index in [-0.39, 0.29) is 5.97 Å². The number of pyridine rings is 1. The molecule has 86 valence electrons. The third-order valence-corrected chi connectivity index (χ3v) is 2.04. The number of esters is 1. The van der Waals surface area contributed by atoms with Gasteiger partial charge in [-0.05, 0) is 24.6 Å². The normalized spacial score (nSPS) is 11.0. The molecule has 0 amide bonds. The lowest BCUT2D eigenvalue weighted by Crippen LogP contribution is -2.06. The first-order valence-corrected chi connectivity index (χ1v) is 5.08. The van der Waals surface area contributed by atoms with E-state index in [9.17, 15) is 4.79 Å². The van der Waals surface area contributed by atoms with Gasteiger partial charge in [0.2, 0.25) is 0 Å². The molecule has 0 fully saturated rings. The summed E-state index contributed by atoms with van der Waals surface area (Å²) in [5.41, 5.74) is 0.617. The van der Waals surface area contributed by atoms with E-state index in [0.717, 1.165) is 0 Å². The first-order valence-electron chi connectivity index (χ1n) is 5.08. The van der Waals surface area contributed by atoms with Crippen LogP contribution < -0.4 is 4.74 Å². The number of nitrogens with zero attached hydrogens (tertiary/aromatic N) is 1. The van der Waals surface area contributed by atoms with E-state index in [2.05, 4.69) is 9.72 Å². The Morgan fingerprint density at radius 3 is 2.94 bits per heavy atom. The number of carbonyl (C=O) groups is 1. The van der Waals surface area contributed by atoms with Gasteiger partial charge in [-0.15, -0.1) is 0 Å². The second kappa shape index (κ2) is 6.61. The van der Waals surface area contributed by atoms with Crippen LogP contribution in [0, 0.1) is 0 Å². The molecular formula is C12H15NO3. The molecule has 16 heavy (non-hydrogen) atoms. The fourth-order valence-electron chi connectivity index (χ4n) is 1.17. The minimum atomic E-state index is -0.308. The lowest BCUT2D eigenvalue weighted by atomic mass is 10.2. The summed E-state index contributed by atoms with van der Waals surface area (Å²) in [6, 6.07) is 3.60. The topological polar surface area (TPSA) is 48.4 Å². The molecule has 0 N–H and O–H groups in total. The summed E-state index contributed by atoms with van der Waals surface area (Å²) in [5.74, 6) is 0.372. The zero-order valence-electron chi connectivity index (χ0n) is 9.47. The van der Waals surface area contributed by atoms with Crippen LogP contribution in [0.3, 0.4) is 0 Å². The van der Waals surface area contributed by atoms with Crippen molar-refractivity contribution in [1.29, 1.82) is 0 Å². The second-order valence-electron chi connectivity index (χ2n) is 3.07. The molecule has 1 aromatic rings. The number of carbonyl (C=O) groups excluding carboxylic acids is 1. The van der Waals surface area contributed by atoms with Crippen molar-refractivity contribution in [1.82, 2.24) is 4.98 Å². The Balaban J connectivity index is 2.49. The molecule has 0 saturated carbocycles. The Morgan fingerprint density at radius 2 is 2.38 bits per heavy atom. The van der Waals surface area contributed by atoms with Gasteiger partial charge in [0.25, 0.3) is 0 Å².